The number of carbonyl (C=O) groups excluding carboxylic acids is 1. The Morgan fingerprint density at radius 3 is 2.42 bits per heavy atom. The summed E-state index contributed by atoms with van der Waals surface area (Å²) in [7, 11) is -3.45. The van der Waals surface area contributed by atoms with Crippen molar-refractivity contribution in [3.05, 3.63) is 15.8 Å². The zero-order valence-corrected chi connectivity index (χ0v) is 17.3. The number of thiophene rings is 1. The molecule has 0 radical (unpaired) electrons. The Balaban J connectivity index is 1.52. The van der Waals surface area contributed by atoms with Gasteiger partial charge in [0.1, 0.15) is 0 Å². The number of nitrogens with zero attached hydrogens (tertiary/aromatic N) is 2. The molecule has 3 heterocycles. The molecule has 0 aliphatic carbocycles. The van der Waals surface area contributed by atoms with Gasteiger partial charge >= 0.3 is 0 Å². The van der Waals surface area contributed by atoms with Gasteiger partial charge < -0.3 is 10.2 Å². The van der Waals surface area contributed by atoms with E-state index < -0.39 is 10.0 Å². The molecule has 26 heavy (non-hydrogen) atoms. The van der Waals surface area contributed by atoms with Gasteiger partial charge in [0.25, 0.3) is 0 Å². The highest BCUT2D eigenvalue weighted by molar-refractivity contribution is 7.89. The fraction of sp³-hybridized carbons (Fsp3) is 0.722. The van der Waals surface area contributed by atoms with E-state index in [4.69, 9.17) is 0 Å². The molecule has 0 atom stereocenters. The summed E-state index contributed by atoms with van der Waals surface area (Å²) in [4.78, 5) is 16.6. The summed E-state index contributed by atoms with van der Waals surface area (Å²) in [5.74, 6) is 0.815. The maximum atomic E-state index is 12.9. The minimum Gasteiger partial charge on any atom is -0.340 e. The van der Waals surface area contributed by atoms with Crippen molar-refractivity contribution in [3.63, 3.8) is 0 Å². The molecule has 0 bridgehead atoms. The molecule has 0 aromatic carbocycles. The Morgan fingerprint density at radius 1 is 1.19 bits per heavy atom. The summed E-state index contributed by atoms with van der Waals surface area (Å²) in [6, 6.07) is 1.76. The van der Waals surface area contributed by atoms with Crippen LogP contribution in [-0.4, -0.2) is 62.8 Å². The lowest BCUT2D eigenvalue weighted by atomic mass is 9.93. The van der Waals surface area contributed by atoms with Crippen LogP contribution in [0.1, 0.15) is 35.4 Å². The molecular formula is C18H29N3O3S2. The van der Waals surface area contributed by atoms with E-state index in [9.17, 15) is 13.2 Å². The minimum absolute atomic E-state index is 0.170. The molecule has 1 amide bonds. The second kappa shape index (κ2) is 8.37. The van der Waals surface area contributed by atoms with Crippen molar-refractivity contribution in [1.29, 1.82) is 0 Å². The number of piperazine rings is 1. The quantitative estimate of drug-likeness (QED) is 0.822. The van der Waals surface area contributed by atoms with Crippen LogP contribution < -0.4 is 5.32 Å². The SMILES string of the molecule is Cc1cc(S(=O)(=O)N2CCN(C(=O)CCC3CCNCC3)CC2)c(C)s1. The first kappa shape index (κ1) is 19.8. The van der Waals surface area contributed by atoms with E-state index >= 15 is 0 Å². The van der Waals surface area contributed by atoms with Gasteiger partial charge in [-0.05, 0) is 58.2 Å². The van der Waals surface area contributed by atoms with E-state index in [1.54, 1.807) is 6.07 Å². The second-order valence-corrected chi connectivity index (χ2v) is 10.7. The van der Waals surface area contributed by atoms with Crippen LogP contribution in [0.25, 0.3) is 0 Å². The highest BCUT2D eigenvalue weighted by Crippen LogP contribution is 2.28. The van der Waals surface area contributed by atoms with Crippen molar-refractivity contribution < 1.29 is 13.2 Å². The first-order chi connectivity index (χ1) is 12.4. The van der Waals surface area contributed by atoms with Crippen LogP contribution >= 0.6 is 11.3 Å². The Kier molecular flexibility index (Phi) is 6.37. The maximum absolute atomic E-state index is 12.9. The third-order valence-electron chi connectivity index (χ3n) is 5.43. The number of nitrogens with one attached hydrogen (secondary N) is 1. The smallest absolute Gasteiger partial charge is 0.244 e. The molecule has 1 aromatic heterocycles. The van der Waals surface area contributed by atoms with Crippen molar-refractivity contribution in [2.45, 2.75) is 44.4 Å². The molecule has 1 aromatic rings. The Bertz CT molecular complexity index is 731. The molecule has 8 heteroatoms. The van der Waals surface area contributed by atoms with Crippen LogP contribution in [-0.2, 0) is 14.8 Å². The van der Waals surface area contributed by atoms with Gasteiger partial charge in [0.2, 0.25) is 15.9 Å². The van der Waals surface area contributed by atoms with Crippen LogP contribution in [0.4, 0.5) is 0 Å². The molecule has 2 aliphatic heterocycles. The van der Waals surface area contributed by atoms with Crippen molar-refractivity contribution >= 4 is 27.3 Å². The Labute approximate surface area is 160 Å². The largest absolute Gasteiger partial charge is 0.340 e. The topological polar surface area (TPSA) is 69.7 Å². The molecule has 2 aliphatic rings. The van der Waals surface area contributed by atoms with Crippen molar-refractivity contribution in [2.75, 3.05) is 39.3 Å². The number of hydrogen-bond acceptors (Lipinski definition) is 5. The minimum atomic E-state index is -3.45. The fourth-order valence-corrected chi connectivity index (χ4v) is 6.78. The lowest BCUT2D eigenvalue weighted by Crippen LogP contribution is -2.50. The predicted molar refractivity (Wildman–Crippen MR) is 104 cm³/mol. The van der Waals surface area contributed by atoms with E-state index in [1.807, 2.05) is 18.7 Å². The van der Waals surface area contributed by atoms with E-state index in [1.165, 1.54) is 15.6 Å². The van der Waals surface area contributed by atoms with Gasteiger partial charge in [-0.25, -0.2) is 8.42 Å². The molecule has 6 nitrogen and oxygen atoms in total. The monoisotopic (exact) mass is 399 g/mol. The average Bonchev–Trinajstić information content (AvgIpc) is 2.99. The number of sulfonamides is 1. The van der Waals surface area contributed by atoms with E-state index in [-0.39, 0.29) is 5.91 Å². The lowest BCUT2D eigenvalue weighted by molar-refractivity contribution is -0.132. The van der Waals surface area contributed by atoms with E-state index in [2.05, 4.69) is 5.32 Å². The highest BCUT2D eigenvalue weighted by atomic mass is 32.2. The molecular weight excluding hydrogens is 370 g/mol. The van der Waals surface area contributed by atoms with Crippen LogP contribution in [0.3, 0.4) is 0 Å². The summed E-state index contributed by atoms with van der Waals surface area (Å²) in [6.45, 7) is 7.64. The number of piperidine rings is 1. The molecule has 146 valence electrons. The molecule has 2 fully saturated rings. The number of aryl methyl sites for hydroxylation is 2. The lowest BCUT2D eigenvalue weighted by Gasteiger charge is -2.34. The molecule has 0 unspecified atom stereocenters. The molecule has 3 rings (SSSR count). The highest BCUT2D eigenvalue weighted by Gasteiger charge is 2.31. The number of amides is 1. The second-order valence-electron chi connectivity index (χ2n) is 7.29. The first-order valence-corrected chi connectivity index (χ1v) is 11.7. The Morgan fingerprint density at radius 2 is 1.85 bits per heavy atom. The molecule has 1 N–H and O–H groups in total. The summed E-state index contributed by atoms with van der Waals surface area (Å²) in [5.41, 5.74) is 0. The van der Waals surface area contributed by atoms with Gasteiger partial charge in [0.15, 0.2) is 0 Å². The number of hydrogen-bond donors (Lipinski definition) is 1. The summed E-state index contributed by atoms with van der Waals surface area (Å²) >= 11 is 1.51. The van der Waals surface area contributed by atoms with Gasteiger partial charge in [-0.15, -0.1) is 11.3 Å². The fourth-order valence-electron chi connectivity index (χ4n) is 3.84. The third-order valence-corrected chi connectivity index (χ3v) is 8.55. The summed E-state index contributed by atoms with van der Waals surface area (Å²) in [5, 5.41) is 3.35. The zero-order chi connectivity index (χ0) is 18.7. The van der Waals surface area contributed by atoms with Gasteiger partial charge in [-0.3, -0.25) is 4.79 Å². The van der Waals surface area contributed by atoms with Crippen molar-refractivity contribution in [1.82, 2.24) is 14.5 Å². The van der Waals surface area contributed by atoms with Crippen LogP contribution in [0, 0.1) is 19.8 Å². The van der Waals surface area contributed by atoms with Crippen LogP contribution in [0.2, 0.25) is 0 Å². The molecule has 0 saturated carbocycles. The van der Waals surface area contributed by atoms with E-state index in [0.29, 0.717) is 43.4 Å². The van der Waals surface area contributed by atoms with Gasteiger partial charge in [-0.1, -0.05) is 0 Å². The van der Waals surface area contributed by atoms with Gasteiger partial charge in [0.05, 0.1) is 4.90 Å². The standard InChI is InChI=1S/C18H29N3O3S2/c1-14-13-17(15(2)25-14)26(23,24)21-11-9-20(10-12-21)18(22)4-3-16-5-7-19-8-6-16/h13,16,19H,3-12H2,1-2H3. The third kappa shape index (κ3) is 4.47. The van der Waals surface area contributed by atoms with Crippen LogP contribution in [0.15, 0.2) is 11.0 Å². The first-order valence-electron chi connectivity index (χ1n) is 9.43. The van der Waals surface area contributed by atoms with E-state index in [0.717, 1.165) is 42.1 Å². The van der Waals surface area contributed by atoms with Crippen LogP contribution in [0.5, 0.6) is 0 Å². The van der Waals surface area contributed by atoms with Crippen molar-refractivity contribution in [3.8, 4) is 0 Å². The van der Waals surface area contributed by atoms with Gasteiger partial charge in [0, 0.05) is 42.4 Å². The number of carbonyl (C=O) groups is 1. The predicted octanol–water partition coefficient (Wildman–Crippen LogP) is 1.98. The summed E-state index contributed by atoms with van der Waals surface area (Å²) in [6.07, 6.45) is 3.84. The Hall–Kier alpha value is -0.960. The normalized spacial score (nSPS) is 20.5. The average molecular weight is 400 g/mol. The number of rotatable bonds is 5. The zero-order valence-electron chi connectivity index (χ0n) is 15.7. The molecule has 0 spiro atoms. The summed E-state index contributed by atoms with van der Waals surface area (Å²) < 4.78 is 27.2. The van der Waals surface area contributed by atoms with Gasteiger partial charge in [-0.2, -0.15) is 4.31 Å². The maximum Gasteiger partial charge on any atom is 0.244 e. The molecule has 2 saturated heterocycles. The van der Waals surface area contributed by atoms with Crippen molar-refractivity contribution in [2.24, 2.45) is 5.92 Å².